The lowest BCUT2D eigenvalue weighted by molar-refractivity contribution is -0.128. The summed E-state index contributed by atoms with van der Waals surface area (Å²) >= 11 is 13.3. The first-order valence-electron chi connectivity index (χ1n) is 9.91. The average molecular weight is 494 g/mol. The smallest absolute Gasteiger partial charge is 0.338 e. The lowest BCUT2D eigenvalue weighted by Crippen LogP contribution is -2.33. The Bertz CT molecular complexity index is 1060. The van der Waals surface area contributed by atoms with E-state index in [1.165, 1.54) is 16.7 Å². The Hall–Kier alpha value is -2.55. The summed E-state index contributed by atoms with van der Waals surface area (Å²) in [5.41, 5.74) is 1.40. The number of benzene rings is 2. The molecule has 1 saturated heterocycles. The maximum Gasteiger partial charge on any atom is 0.338 e. The molecule has 1 unspecified atom stereocenters. The normalized spacial score (nSPS) is 17.0. The van der Waals surface area contributed by atoms with Gasteiger partial charge < -0.3 is 10.1 Å². The van der Waals surface area contributed by atoms with E-state index >= 15 is 0 Å². The van der Waals surface area contributed by atoms with Crippen LogP contribution >= 0.6 is 35.0 Å². The summed E-state index contributed by atoms with van der Waals surface area (Å²) in [5.74, 6) is -0.943. The van der Waals surface area contributed by atoms with Gasteiger partial charge in [0.1, 0.15) is 5.25 Å². The van der Waals surface area contributed by atoms with Gasteiger partial charge in [0.25, 0.3) is 0 Å². The molecule has 1 aliphatic heterocycles. The van der Waals surface area contributed by atoms with Crippen LogP contribution in [-0.2, 0) is 14.3 Å². The standard InChI is InChI=1S/C22H21Cl2N3O4S/c1-3-27-20(29)17(12-18(28)26-16-7-5-6-15(23)19(16)24)32-22(27)25-14-10-8-13(9-11-14)21(30)31-4-2/h5-11,17H,3-4,12H2,1-2H3,(H,26,28). The van der Waals surface area contributed by atoms with Crippen molar-refractivity contribution in [3.63, 3.8) is 0 Å². The third kappa shape index (κ3) is 5.62. The highest BCUT2D eigenvalue weighted by molar-refractivity contribution is 8.15. The van der Waals surface area contributed by atoms with Gasteiger partial charge in [0.05, 0.1) is 33.6 Å². The summed E-state index contributed by atoms with van der Waals surface area (Å²) in [4.78, 5) is 43.2. The van der Waals surface area contributed by atoms with E-state index in [1.807, 2.05) is 6.92 Å². The number of nitrogens with zero attached hydrogens (tertiary/aromatic N) is 2. The number of carbonyl (C=O) groups is 3. The highest BCUT2D eigenvalue weighted by atomic mass is 35.5. The number of hydrogen-bond donors (Lipinski definition) is 1. The van der Waals surface area contributed by atoms with Crippen LogP contribution in [0.2, 0.25) is 10.0 Å². The Labute approximate surface area is 200 Å². The highest BCUT2D eigenvalue weighted by Crippen LogP contribution is 2.33. The highest BCUT2D eigenvalue weighted by Gasteiger charge is 2.38. The Morgan fingerprint density at radius 2 is 1.88 bits per heavy atom. The van der Waals surface area contributed by atoms with Crippen LogP contribution in [0.1, 0.15) is 30.6 Å². The summed E-state index contributed by atoms with van der Waals surface area (Å²) in [7, 11) is 0. The molecule has 0 radical (unpaired) electrons. The number of amides is 2. The summed E-state index contributed by atoms with van der Waals surface area (Å²) < 4.78 is 4.97. The van der Waals surface area contributed by atoms with Crippen molar-refractivity contribution in [1.82, 2.24) is 4.90 Å². The number of hydrogen-bond acceptors (Lipinski definition) is 6. The topological polar surface area (TPSA) is 88.1 Å². The molecule has 1 N–H and O–H groups in total. The van der Waals surface area contributed by atoms with E-state index in [9.17, 15) is 14.4 Å². The fourth-order valence-corrected chi connectivity index (χ4v) is 4.55. The van der Waals surface area contributed by atoms with Gasteiger partial charge in [0.15, 0.2) is 5.17 Å². The Morgan fingerprint density at radius 1 is 1.16 bits per heavy atom. The molecule has 7 nitrogen and oxygen atoms in total. The van der Waals surface area contributed by atoms with Crippen LogP contribution in [0.15, 0.2) is 47.5 Å². The van der Waals surface area contributed by atoms with E-state index in [0.29, 0.717) is 40.3 Å². The largest absolute Gasteiger partial charge is 0.462 e. The number of rotatable bonds is 7. The van der Waals surface area contributed by atoms with E-state index in [-0.39, 0.29) is 23.3 Å². The molecule has 2 aromatic carbocycles. The molecule has 10 heteroatoms. The molecule has 32 heavy (non-hydrogen) atoms. The summed E-state index contributed by atoms with van der Waals surface area (Å²) in [6.45, 7) is 4.30. The minimum absolute atomic E-state index is 0.0380. The van der Waals surface area contributed by atoms with Crippen molar-refractivity contribution in [2.45, 2.75) is 25.5 Å². The van der Waals surface area contributed by atoms with Crippen molar-refractivity contribution in [2.24, 2.45) is 4.99 Å². The molecule has 168 valence electrons. The minimum atomic E-state index is -0.606. The third-order valence-electron chi connectivity index (χ3n) is 4.54. The molecule has 1 fully saturated rings. The summed E-state index contributed by atoms with van der Waals surface area (Å²) in [5, 5.41) is 3.17. The lowest BCUT2D eigenvalue weighted by atomic mass is 10.2. The SMILES string of the molecule is CCOC(=O)c1ccc(N=C2SC(CC(=O)Nc3cccc(Cl)c3Cl)C(=O)N2CC)cc1. The van der Waals surface area contributed by atoms with Crippen molar-refractivity contribution >= 4 is 69.3 Å². The monoisotopic (exact) mass is 493 g/mol. The van der Waals surface area contributed by atoms with Crippen LogP contribution in [-0.4, -0.2) is 46.3 Å². The van der Waals surface area contributed by atoms with E-state index in [0.717, 1.165) is 0 Å². The van der Waals surface area contributed by atoms with Crippen LogP contribution in [0.25, 0.3) is 0 Å². The maximum atomic E-state index is 12.8. The molecule has 1 atom stereocenters. The zero-order chi connectivity index (χ0) is 23.3. The quantitative estimate of drug-likeness (QED) is 0.538. The maximum absolute atomic E-state index is 12.8. The van der Waals surface area contributed by atoms with Gasteiger partial charge in [-0.05, 0) is 50.2 Å². The van der Waals surface area contributed by atoms with Gasteiger partial charge in [-0.25, -0.2) is 9.79 Å². The number of carbonyl (C=O) groups excluding carboxylic acids is 3. The second-order valence-electron chi connectivity index (χ2n) is 6.70. The molecule has 1 aliphatic rings. The van der Waals surface area contributed by atoms with Crippen LogP contribution < -0.4 is 5.32 Å². The average Bonchev–Trinajstić information content (AvgIpc) is 3.05. The number of halogens is 2. The van der Waals surface area contributed by atoms with E-state index in [2.05, 4.69) is 10.3 Å². The Balaban J connectivity index is 1.70. The number of amidine groups is 1. The van der Waals surface area contributed by atoms with E-state index < -0.39 is 11.2 Å². The molecule has 0 spiro atoms. The zero-order valence-electron chi connectivity index (χ0n) is 17.4. The molecule has 0 saturated carbocycles. The van der Waals surface area contributed by atoms with Gasteiger partial charge in [0.2, 0.25) is 11.8 Å². The van der Waals surface area contributed by atoms with Crippen LogP contribution in [0.3, 0.4) is 0 Å². The van der Waals surface area contributed by atoms with Crippen LogP contribution in [0.5, 0.6) is 0 Å². The van der Waals surface area contributed by atoms with Crippen molar-refractivity contribution < 1.29 is 19.1 Å². The van der Waals surface area contributed by atoms with Crippen LogP contribution in [0.4, 0.5) is 11.4 Å². The molecule has 3 rings (SSSR count). The van der Waals surface area contributed by atoms with Crippen LogP contribution in [0, 0.1) is 0 Å². The van der Waals surface area contributed by atoms with Crippen molar-refractivity contribution in [3.05, 3.63) is 58.1 Å². The van der Waals surface area contributed by atoms with Crippen molar-refractivity contribution in [3.8, 4) is 0 Å². The lowest BCUT2D eigenvalue weighted by Gasteiger charge is -2.13. The molecule has 0 bridgehead atoms. The number of nitrogens with one attached hydrogen (secondary N) is 1. The van der Waals surface area contributed by atoms with Gasteiger partial charge in [-0.3, -0.25) is 14.5 Å². The van der Waals surface area contributed by atoms with E-state index in [4.69, 9.17) is 27.9 Å². The first kappa shape index (κ1) is 24.1. The number of thioether (sulfide) groups is 1. The fraction of sp³-hybridized carbons (Fsp3) is 0.273. The summed E-state index contributed by atoms with van der Waals surface area (Å²) in [6.07, 6.45) is -0.0380. The van der Waals surface area contributed by atoms with Gasteiger partial charge in [-0.1, -0.05) is 41.0 Å². The molecule has 0 aromatic heterocycles. The number of anilines is 1. The second kappa shape index (κ2) is 10.8. The number of aliphatic imine (C=N–C) groups is 1. The number of esters is 1. The molecule has 0 aliphatic carbocycles. The second-order valence-corrected chi connectivity index (χ2v) is 8.66. The molecule has 2 amide bonds. The van der Waals surface area contributed by atoms with E-state index in [1.54, 1.807) is 49.4 Å². The Kier molecular flexibility index (Phi) is 8.17. The summed E-state index contributed by atoms with van der Waals surface area (Å²) in [6, 6.07) is 11.5. The van der Waals surface area contributed by atoms with Gasteiger partial charge in [0, 0.05) is 13.0 Å². The van der Waals surface area contributed by atoms with Gasteiger partial charge in [-0.2, -0.15) is 0 Å². The third-order valence-corrected chi connectivity index (χ3v) is 6.53. The van der Waals surface area contributed by atoms with Crippen molar-refractivity contribution in [1.29, 1.82) is 0 Å². The van der Waals surface area contributed by atoms with Crippen molar-refractivity contribution in [2.75, 3.05) is 18.5 Å². The predicted octanol–water partition coefficient (Wildman–Crippen LogP) is 5.15. The minimum Gasteiger partial charge on any atom is -0.462 e. The molecule has 1 heterocycles. The number of ether oxygens (including phenoxy) is 1. The molecular weight excluding hydrogens is 473 g/mol. The molecule has 2 aromatic rings. The molecular formula is C22H21Cl2N3O4S. The fourth-order valence-electron chi connectivity index (χ4n) is 2.98. The van der Waals surface area contributed by atoms with Gasteiger partial charge >= 0.3 is 5.97 Å². The van der Waals surface area contributed by atoms with Gasteiger partial charge in [-0.15, -0.1) is 0 Å². The first-order chi connectivity index (χ1) is 15.3. The zero-order valence-corrected chi connectivity index (χ0v) is 19.8. The first-order valence-corrected chi connectivity index (χ1v) is 11.5. The Morgan fingerprint density at radius 3 is 2.53 bits per heavy atom. The predicted molar refractivity (Wildman–Crippen MR) is 128 cm³/mol.